The van der Waals surface area contributed by atoms with Crippen LogP contribution in [0.5, 0.6) is 0 Å². The Hall–Kier alpha value is -2.38. The van der Waals surface area contributed by atoms with Crippen molar-refractivity contribution in [3.05, 3.63) is 83.5 Å². The molecule has 0 saturated heterocycles. The first-order valence-electron chi connectivity index (χ1n) is 11.6. The van der Waals surface area contributed by atoms with Crippen LogP contribution in [0.25, 0.3) is 21.9 Å². The number of unbranched alkanes of at least 4 members (excludes halogenated alkanes) is 5. The summed E-state index contributed by atoms with van der Waals surface area (Å²) in [6, 6.07) is 13.4. The number of rotatable bonds is 10. The van der Waals surface area contributed by atoms with Gasteiger partial charge < -0.3 is 4.74 Å². The van der Waals surface area contributed by atoms with Crippen LogP contribution in [0.3, 0.4) is 0 Å². The van der Waals surface area contributed by atoms with Gasteiger partial charge in [0.1, 0.15) is 0 Å². The molecule has 0 N–H and O–H groups in total. The highest BCUT2D eigenvalue weighted by atomic mass is 16.5. The first-order valence-corrected chi connectivity index (χ1v) is 11.6. The molecule has 0 amide bonds. The summed E-state index contributed by atoms with van der Waals surface area (Å²) in [5, 5.41) is 2.59. The van der Waals surface area contributed by atoms with Crippen LogP contribution in [0.15, 0.2) is 72.4 Å². The number of hydrogen-bond donors (Lipinski definition) is 0. The van der Waals surface area contributed by atoms with Gasteiger partial charge in [-0.1, -0.05) is 107 Å². The van der Waals surface area contributed by atoms with Gasteiger partial charge in [0.2, 0.25) is 0 Å². The smallest absolute Gasteiger partial charge is 0.0502 e. The summed E-state index contributed by atoms with van der Waals surface area (Å²) >= 11 is 0. The Kier molecular flexibility index (Phi) is 8.71. The lowest BCUT2D eigenvalue weighted by molar-refractivity contribution is 0.202. The van der Waals surface area contributed by atoms with E-state index in [1.807, 2.05) is 0 Å². The molecule has 1 nitrogen and oxygen atoms in total. The number of hydrogen-bond acceptors (Lipinski definition) is 1. The van der Waals surface area contributed by atoms with Crippen molar-refractivity contribution in [2.45, 2.75) is 58.8 Å². The summed E-state index contributed by atoms with van der Waals surface area (Å²) in [5.74, 6) is 0. The molecule has 0 aliphatic heterocycles. The van der Waals surface area contributed by atoms with Gasteiger partial charge in [-0.3, -0.25) is 0 Å². The lowest BCUT2D eigenvalue weighted by Crippen LogP contribution is -1.98. The third-order valence-corrected chi connectivity index (χ3v) is 5.79. The third-order valence-electron chi connectivity index (χ3n) is 5.79. The summed E-state index contributed by atoms with van der Waals surface area (Å²) in [6.45, 7) is 5.30. The fraction of sp³-hybridized carbons (Fsp3) is 0.379. The van der Waals surface area contributed by atoms with Crippen LogP contribution in [0.2, 0.25) is 0 Å². The Morgan fingerprint density at radius 3 is 1.77 bits per heavy atom. The van der Waals surface area contributed by atoms with Gasteiger partial charge in [-0.15, -0.1) is 0 Å². The van der Waals surface area contributed by atoms with E-state index in [4.69, 9.17) is 4.74 Å². The van der Waals surface area contributed by atoms with Gasteiger partial charge in [0, 0.05) is 7.11 Å². The molecule has 0 radical (unpaired) electrons. The van der Waals surface area contributed by atoms with Crippen LogP contribution >= 0.6 is 0 Å². The Labute approximate surface area is 182 Å². The molecule has 2 aromatic rings. The van der Waals surface area contributed by atoms with Gasteiger partial charge >= 0.3 is 0 Å². The highest BCUT2D eigenvalue weighted by Gasteiger charge is 2.11. The van der Waals surface area contributed by atoms with Gasteiger partial charge in [0.05, 0.1) is 6.61 Å². The minimum Gasteiger partial charge on any atom is -0.384 e. The molecular weight excluding hydrogens is 364 g/mol. The maximum Gasteiger partial charge on any atom is 0.0502 e. The van der Waals surface area contributed by atoms with Crippen molar-refractivity contribution in [3.63, 3.8) is 0 Å². The average Bonchev–Trinajstić information content (AvgIpc) is 2.69. The molecule has 0 fully saturated rings. The van der Waals surface area contributed by atoms with Crippen molar-refractivity contribution in [2.75, 3.05) is 13.7 Å². The van der Waals surface area contributed by atoms with E-state index in [0.29, 0.717) is 0 Å². The molecule has 30 heavy (non-hydrogen) atoms. The molecule has 2 aliphatic rings. The first kappa shape index (κ1) is 22.3. The lowest BCUT2D eigenvalue weighted by atomic mass is 9.89. The number of allylic oxidation sites excluding steroid dienone is 7. The molecule has 4 rings (SSSR count). The number of ether oxygens (including phenoxy) is 1. The highest BCUT2D eigenvalue weighted by molar-refractivity contribution is 5.93. The van der Waals surface area contributed by atoms with Crippen LogP contribution < -0.4 is 0 Å². The predicted molar refractivity (Wildman–Crippen MR) is 133 cm³/mol. The number of benzene rings is 2. The molecule has 2 aliphatic carbocycles. The van der Waals surface area contributed by atoms with Gasteiger partial charge in [-0.05, 0) is 57.2 Å². The van der Waals surface area contributed by atoms with E-state index in [1.54, 1.807) is 7.11 Å². The van der Waals surface area contributed by atoms with Gasteiger partial charge in [0.15, 0.2) is 0 Å². The number of fused-ring (bicyclic) bond motifs is 1. The van der Waals surface area contributed by atoms with Crippen LogP contribution in [0.1, 0.15) is 69.9 Å². The summed E-state index contributed by atoms with van der Waals surface area (Å²) in [5.41, 5.74) is 6.60. The van der Waals surface area contributed by atoms with Crippen molar-refractivity contribution >= 4 is 21.9 Å². The zero-order valence-electron chi connectivity index (χ0n) is 18.9. The average molecular weight is 401 g/mol. The quantitative estimate of drug-likeness (QED) is 0.363. The summed E-state index contributed by atoms with van der Waals surface area (Å²) in [4.78, 5) is 0. The van der Waals surface area contributed by atoms with Crippen LogP contribution in [0, 0.1) is 0 Å². The third kappa shape index (κ3) is 6.06. The van der Waals surface area contributed by atoms with Crippen LogP contribution in [-0.2, 0) is 4.74 Å². The minimum absolute atomic E-state index is 0.792. The molecule has 1 heteroatoms. The second-order valence-electron chi connectivity index (χ2n) is 8.23. The second-order valence-corrected chi connectivity index (χ2v) is 8.23. The van der Waals surface area contributed by atoms with E-state index >= 15 is 0 Å². The second kappa shape index (κ2) is 11.7. The van der Waals surface area contributed by atoms with Crippen LogP contribution in [0.4, 0.5) is 0 Å². The largest absolute Gasteiger partial charge is 0.384 e. The zero-order valence-corrected chi connectivity index (χ0v) is 18.9. The van der Waals surface area contributed by atoms with E-state index in [1.165, 1.54) is 77.1 Å². The molecule has 0 saturated carbocycles. The molecular formula is C29H36O. The van der Waals surface area contributed by atoms with Crippen molar-refractivity contribution in [2.24, 2.45) is 0 Å². The van der Waals surface area contributed by atoms with Gasteiger partial charge in [-0.2, -0.15) is 0 Å². The van der Waals surface area contributed by atoms with Crippen molar-refractivity contribution in [1.29, 1.82) is 0 Å². The maximum atomic E-state index is 5.11. The monoisotopic (exact) mass is 400 g/mol. The van der Waals surface area contributed by atoms with E-state index in [9.17, 15) is 0 Å². The molecule has 0 heterocycles. The van der Waals surface area contributed by atoms with Crippen molar-refractivity contribution in [3.8, 4) is 0 Å². The molecule has 2 aromatic carbocycles. The van der Waals surface area contributed by atoms with Gasteiger partial charge in [-0.25, -0.2) is 0 Å². The van der Waals surface area contributed by atoms with E-state index in [2.05, 4.69) is 80.6 Å². The molecule has 0 spiro atoms. The fourth-order valence-corrected chi connectivity index (χ4v) is 3.76. The topological polar surface area (TPSA) is 9.23 Å². The molecule has 158 valence electrons. The van der Waals surface area contributed by atoms with Crippen molar-refractivity contribution < 1.29 is 4.74 Å². The zero-order chi connectivity index (χ0) is 21.2. The molecule has 0 atom stereocenters. The van der Waals surface area contributed by atoms with Crippen molar-refractivity contribution in [1.82, 2.24) is 0 Å². The van der Waals surface area contributed by atoms with Crippen LogP contribution in [-0.4, -0.2) is 13.7 Å². The summed E-state index contributed by atoms with van der Waals surface area (Å²) in [6.07, 6.45) is 20.4. The van der Waals surface area contributed by atoms with E-state index < -0.39 is 0 Å². The summed E-state index contributed by atoms with van der Waals surface area (Å²) < 4.78 is 5.11. The summed E-state index contributed by atoms with van der Waals surface area (Å²) in [7, 11) is 1.75. The van der Waals surface area contributed by atoms with Gasteiger partial charge in [0.25, 0.3) is 0 Å². The minimum atomic E-state index is 0.792. The molecule has 0 bridgehead atoms. The SMILES string of the molecule is CCCCCCCC.COCCC1=CC(c2ccc3cc(C4=CC=C4)ccc3c2)=C1. The normalized spacial score (nSPS) is 14.2. The lowest BCUT2D eigenvalue weighted by Gasteiger charge is -2.16. The Morgan fingerprint density at radius 1 is 0.733 bits per heavy atom. The Bertz CT molecular complexity index is 949. The fourth-order valence-electron chi connectivity index (χ4n) is 3.76. The predicted octanol–water partition coefficient (Wildman–Crippen LogP) is 8.52. The number of methoxy groups -OCH3 is 1. The Morgan fingerprint density at radius 2 is 1.30 bits per heavy atom. The highest BCUT2D eigenvalue weighted by Crippen LogP contribution is 2.32. The standard InChI is InChI=1S/C21H18O.C8H18/c1-22-10-9-15-11-21(12-15)20-8-7-18-13-17(16-3-2-4-16)5-6-19(18)14-20;1-3-5-7-8-6-4-2/h2-8,11-14H,9-10H2,1H3;3-8H2,1-2H3. The van der Waals surface area contributed by atoms with E-state index in [-0.39, 0.29) is 0 Å². The molecule has 0 unspecified atom stereocenters. The Balaban J connectivity index is 0.000000275. The van der Waals surface area contributed by atoms with E-state index in [0.717, 1.165) is 13.0 Å². The molecule has 0 aromatic heterocycles. The maximum absolute atomic E-state index is 5.11. The first-order chi connectivity index (χ1) is 14.7.